The molecule has 6 rings (SSSR count). The van der Waals surface area contributed by atoms with Gasteiger partial charge >= 0.3 is 0 Å². The highest BCUT2D eigenvalue weighted by Gasteiger charge is 2.34. The standard InChI is InChI=1S/C33H24Br2Cl2N2O3S2/c34-15-21(19-9-11-29-25(13-19)38(31(40)17-36)23-5-1-3-7-27(23)43-29)33(42)22(16-35)20-10-12-30-26(14-20)39(32(41)18-37)24-6-2-4-8-28(24)44-30/h1-14,21-22H,15-18H2. The van der Waals surface area contributed by atoms with Crippen molar-refractivity contribution in [2.75, 3.05) is 32.2 Å². The van der Waals surface area contributed by atoms with Gasteiger partial charge in [-0.25, -0.2) is 0 Å². The highest BCUT2D eigenvalue weighted by Crippen LogP contribution is 2.51. The average molecular weight is 791 g/mol. The fraction of sp³-hybridized carbons (Fsp3) is 0.182. The monoisotopic (exact) mass is 788 g/mol. The van der Waals surface area contributed by atoms with Crippen molar-refractivity contribution < 1.29 is 14.4 Å². The number of benzene rings is 4. The number of hydrogen-bond donors (Lipinski definition) is 0. The predicted molar refractivity (Wildman–Crippen MR) is 188 cm³/mol. The molecular weight excluding hydrogens is 767 g/mol. The quantitative estimate of drug-likeness (QED) is 0.167. The Labute approximate surface area is 290 Å². The number of fused-ring (bicyclic) bond motifs is 4. The van der Waals surface area contributed by atoms with E-state index in [1.54, 1.807) is 33.3 Å². The number of ketones is 1. The van der Waals surface area contributed by atoms with Crippen molar-refractivity contribution >= 4 is 119 Å². The molecule has 4 aromatic rings. The minimum Gasteiger partial charge on any atom is -0.298 e. The van der Waals surface area contributed by atoms with Crippen LogP contribution in [0.3, 0.4) is 0 Å². The fourth-order valence-electron chi connectivity index (χ4n) is 5.54. The molecular formula is C33H24Br2Cl2N2O3S2. The van der Waals surface area contributed by atoms with Crippen LogP contribution in [0.5, 0.6) is 0 Å². The molecule has 0 saturated heterocycles. The van der Waals surface area contributed by atoms with Gasteiger partial charge in [-0.1, -0.05) is 91.8 Å². The third-order valence-electron chi connectivity index (χ3n) is 7.63. The summed E-state index contributed by atoms with van der Waals surface area (Å²) in [6.45, 7) is 0. The number of anilines is 4. The number of hydrogen-bond acceptors (Lipinski definition) is 5. The molecule has 0 aromatic heterocycles. The maximum Gasteiger partial charge on any atom is 0.246 e. The Morgan fingerprint density at radius 3 is 1.36 bits per heavy atom. The van der Waals surface area contributed by atoms with Crippen molar-refractivity contribution in [1.29, 1.82) is 0 Å². The van der Waals surface area contributed by atoms with E-state index in [-0.39, 0.29) is 29.4 Å². The van der Waals surface area contributed by atoms with Crippen molar-refractivity contribution in [2.45, 2.75) is 31.4 Å². The zero-order valence-electron chi connectivity index (χ0n) is 23.0. The molecule has 2 unspecified atom stereocenters. The zero-order valence-corrected chi connectivity index (χ0v) is 29.3. The Morgan fingerprint density at radius 1 is 0.591 bits per heavy atom. The second kappa shape index (κ2) is 13.6. The number of Topliss-reactive ketones (excluding diaryl/α,β-unsaturated/α-hetero) is 1. The molecule has 0 bridgehead atoms. The van der Waals surface area contributed by atoms with Gasteiger partial charge in [-0.3, -0.25) is 24.2 Å². The summed E-state index contributed by atoms with van der Waals surface area (Å²) in [6, 6.07) is 27.2. The molecule has 2 atom stereocenters. The molecule has 5 nitrogen and oxygen atoms in total. The first-order valence-corrected chi connectivity index (χ1v) is 18.6. The second-order valence-electron chi connectivity index (χ2n) is 10.1. The molecule has 224 valence electrons. The van der Waals surface area contributed by atoms with Crippen molar-refractivity contribution in [3.63, 3.8) is 0 Å². The van der Waals surface area contributed by atoms with Crippen molar-refractivity contribution in [3.05, 3.63) is 96.1 Å². The third kappa shape index (κ3) is 5.76. The molecule has 44 heavy (non-hydrogen) atoms. The lowest BCUT2D eigenvalue weighted by Crippen LogP contribution is -2.30. The maximum atomic E-state index is 14.3. The summed E-state index contributed by atoms with van der Waals surface area (Å²) in [7, 11) is 0. The summed E-state index contributed by atoms with van der Waals surface area (Å²) >= 11 is 22.5. The fourth-order valence-corrected chi connectivity index (χ4v) is 9.24. The topological polar surface area (TPSA) is 57.7 Å². The van der Waals surface area contributed by atoms with E-state index in [0.29, 0.717) is 22.0 Å². The summed E-state index contributed by atoms with van der Waals surface area (Å²) < 4.78 is 0. The number of amides is 2. The van der Waals surface area contributed by atoms with Crippen LogP contribution in [0.15, 0.2) is 105 Å². The Morgan fingerprint density at radius 2 is 0.977 bits per heavy atom. The van der Waals surface area contributed by atoms with Crippen molar-refractivity contribution in [2.24, 2.45) is 0 Å². The van der Waals surface area contributed by atoms with E-state index in [2.05, 4.69) is 31.9 Å². The van der Waals surface area contributed by atoms with E-state index < -0.39 is 11.8 Å². The van der Waals surface area contributed by atoms with Gasteiger partial charge in [0.1, 0.15) is 17.5 Å². The van der Waals surface area contributed by atoms with Crippen LogP contribution in [0, 0.1) is 0 Å². The minimum atomic E-state index is -0.496. The first kappa shape index (κ1) is 31.7. The van der Waals surface area contributed by atoms with E-state index in [9.17, 15) is 14.4 Å². The lowest BCUT2D eigenvalue weighted by atomic mass is 9.85. The van der Waals surface area contributed by atoms with E-state index in [1.807, 2.05) is 84.9 Å². The van der Waals surface area contributed by atoms with Crippen LogP contribution in [0.4, 0.5) is 22.7 Å². The predicted octanol–water partition coefficient (Wildman–Crippen LogP) is 9.65. The number of carbonyl (C=O) groups excluding carboxylic acids is 3. The Balaban J connectivity index is 1.36. The van der Waals surface area contributed by atoms with Crippen LogP contribution in [0.25, 0.3) is 0 Å². The molecule has 0 fully saturated rings. The number of para-hydroxylation sites is 2. The Hall–Kier alpha value is -2.27. The van der Waals surface area contributed by atoms with Gasteiger partial charge in [-0.2, -0.15) is 0 Å². The molecule has 2 amide bonds. The van der Waals surface area contributed by atoms with Crippen LogP contribution >= 0.6 is 78.6 Å². The highest BCUT2D eigenvalue weighted by atomic mass is 79.9. The first-order chi connectivity index (χ1) is 21.4. The molecule has 0 aliphatic carbocycles. The third-order valence-corrected chi connectivity index (χ3v) is 11.6. The highest BCUT2D eigenvalue weighted by molar-refractivity contribution is 9.09. The SMILES string of the molecule is O=C(C(CBr)c1ccc2c(c1)N(C(=O)CCl)c1ccccc1S2)C(CBr)c1ccc2c(c1)N(C(=O)CCl)c1ccccc1S2. The number of alkyl halides is 4. The summed E-state index contributed by atoms with van der Waals surface area (Å²) in [5.41, 5.74) is 4.57. The molecule has 2 heterocycles. The number of rotatable bonds is 8. The average Bonchev–Trinajstić information content (AvgIpc) is 3.06. The molecule has 0 radical (unpaired) electrons. The zero-order chi connectivity index (χ0) is 31.0. The summed E-state index contributed by atoms with van der Waals surface area (Å²) in [5, 5.41) is 0.790. The Bertz CT molecular complexity index is 1660. The summed E-state index contributed by atoms with van der Waals surface area (Å²) in [4.78, 5) is 47.5. The van der Waals surface area contributed by atoms with E-state index in [0.717, 1.165) is 42.1 Å². The molecule has 11 heteroatoms. The molecule has 0 N–H and O–H groups in total. The van der Waals surface area contributed by atoms with Crippen LogP contribution in [-0.2, 0) is 14.4 Å². The van der Waals surface area contributed by atoms with Gasteiger partial charge in [0.15, 0.2) is 0 Å². The maximum absolute atomic E-state index is 14.3. The van der Waals surface area contributed by atoms with Gasteiger partial charge in [0.25, 0.3) is 0 Å². The van der Waals surface area contributed by atoms with Gasteiger partial charge in [-0.15, -0.1) is 23.2 Å². The Kier molecular flexibility index (Phi) is 9.81. The van der Waals surface area contributed by atoms with Gasteiger partial charge in [0, 0.05) is 30.2 Å². The van der Waals surface area contributed by atoms with Gasteiger partial charge in [0.2, 0.25) is 11.8 Å². The minimum absolute atomic E-state index is 0.0109. The van der Waals surface area contributed by atoms with Crippen LogP contribution < -0.4 is 9.80 Å². The lowest BCUT2D eigenvalue weighted by Gasteiger charge is -2.32. The summed E-state index contributed by atoms with van der Waals surface area (Å²) in [5.74, 6) is -1.78. The molecule has 2 aliphatic rings. The first-order valence-electron chi connectivity index (χ1n) is 13.6. The molecule has 2 aliphatic heterocycles. The van der Waals surface area contributed by atoms with Crippen LogP contribution in [0.1, 0.15) is 23.0 Å². The largest absolute Gasteiger partial charge is 0.298 e. The lowest BCUT2D eigenvalue weighted by molar-refractivity contribution is -0.121. The number of carbonyl (C=O) groups is 3. The van der Waals surface area contributed by atoms with Gasteiger partial charge in [0.05, 0.1) is 34.6 Å². The van der Waals surface area contributed by atoms with E-state index >= 15 is 0 Å². The second-order valence-corrected chi connectivity index (χ2v) is 14.1. The normalized spacial score (nSPS) is 14.5. The number of nitrogens with zero attached hydrogens (tertiary/aromatic N) is 2. The van der Waals surface area contributed by atoms with Crippen molar-refractivity contribution in [1.82, 2.24) is 0 Å². The molecule has 0 spiro atoms. The smallest absolute Gasteiger partial charge is 0.246 e. The van der Waals surface area contributed by atoms with E-state index in [1.165, 1.54) is 0 Å². The molecule has 0 saturated carbocycles. The van der Waals surface area contributed by atoms with E-state index in [4.69, 9.17) is 23.2 Å². The number of halogens is 4. The van der Waals surface area contributed by atoms with Gasteiger partial charge in [-0.05, 0) is 59.7 Å². The van der Waals surface area contributed by atoms with Crippen LogP contribution in [0.2, 0.25) is 0 Å². The molecule has 4 aromatic carbocycles. The van der Waals surface area contributed by atoms with Crippen LogP contribution in [-0.4, -0.2) is 40.0 Å². The summed E-state index contributed by atoms with van der Waals surface area (Å²) in [6.07, 6.45) is 0. The van der Waals surface area contributed by atoms with Crippen molar-refractivity contribution in [3.8, 4) is 0 Å². The van der Waals surface area contributed by atoms with Gasteiger partial charge < -0.3 is 0 Å².